The quantitative estimate of drug-likeness (QED) is 0.633. The van der Waals surface area contributed by atoms with E-state index >= 15 is 0 Å². The van der Waals surface area contributed by atoms with E-state index in [1.165, 1.54) is 7.11 Å². The van der Waals surface area contributed by atoms with E-state index in [-0.39, 0.29) is 33.0 Å². The van der Waals surface area contributed by atoms with Gasteiger partial charge in [0.25, 0.3) is 0 Å². The molecule has 0 aliphatic carbocycles. The summed E-state index contributed by atoms with van der Waals surface area (Å²) in [4.78, 5) is 12.4. The first-order chi connectivity index (χ1) is 9.13. The summed E-state index contributed by atoms with van der Waals surface area (Å²) in [5, 5.41) is 1.69. The molecule has 2 rings (SSSR count). The predicted octanol–water partition coefficient (Wildman–Crippen LogP) is 3.77. The van der Waals surface area contributed by atoms with Crippen LogP contribution in [0.3, 0.4) is 0 Å². The number of hydrogen-bond donors (Lipinski definition) is 0. The molecule has 0 saturated carbocycles. The molecular formula is C14H11Cl2LiO2P. The molecule has 1 unspecified atom stereocenters. The smallest absolute Gasteiger partial charge is 0.190 e. The second-order valence-corrected chi connectivity index (χ2v) is 5.85. The molecule has 1 radical (unpaired) electrons. The Morgan fingerprint density at radius 1 is 1.05 bits per heavy atom. The summed E-state index contributed by atoms with van der Waals surface area (Å²) in [6.45, 7) is 0. The normalized spacial score (nSPS) is 10.3. The molecule has 99 valence electrons. The SMILES string of the molecule is COc1c(Cl)ccc(Cl)c1C(=O)Pc1ccccc1.[Li]. The van der Waals surface area contributed by atoms with Crippen molar-refractivity contribution in [2.75, 3.05) is 7.11 Å². The number of methoxy groups -OCH3 is 1. The second-order valence-electron chi connectivity index (χ2n) is 3.76. The third kappa shape index (κ3) is 4.01. The Morgan fingerprint density at radius 2 is 1.65 bits per heavy atom. The van der Waals surface area contributed by atoms with Crippen LogP contribution in [0.15, 0.2) is 42.5 Å². The van der Waals surface area contributed by atoms with Crippen molar-refractivity contribution in [3.05, 3.63) is 58.1 Å². The summed E-state index contributed by atoms with van der Waals surface area (Å²) in [6.07, 6.45) is 0. The number of benzene rings is 2. The van der Waals surface area contributed by atoms with Gasteiger partial charge in [-0.05, 0) is 26.0 Å². The minimum atomic E-state index is -0.0875. The maximum absolute atomic E-state index is 12.4. The van der Waals surface area contributed by atoms with Crippen molar-refractivity contribution in [1.82, 2.24) is 0 Å². The molecule has 2 aromatic carbocycles. The largest absolute Gasteiger partial charge is 0.494 e. The first-order valence-corrected chi connectivity index (χ1v) is 7.27. The van der Waals surface area contributed by atoms with Gasteiger partial charge < -0.3 is 4.74 Å². The van der Waals surface area contributed by atoms with E-state index < -0.39 is 0 Å². The van der Waals surface area contributed by atoms with Gasteiger partial charge >= 0.3 is 0 Å². The monoisotopic (exact) mass is 319 g/mol. The molecule has 6 heteroatoms. The van der Waals surface area contributed by atoms with Gasteiger partial charge in [0.05, 0.1) is 22.7 Å². The molecule has 20 heavy (non-hydrogen) atoms. The van der Waals surface area contributed by atoms with Crippen molar-refractivity contribution in [3.63, 3.8) is 0 Å². The molecule has 0 N–H and O–H groups in total. The summed E-state index contributed by atoms with van der Waals surface area (Å²) < 4.78 is 5.18. The van der Waals surface area contributed by atoms with E-state index in [0.29, 0.717) is 21.4 Å². The Labute approximate surface area is 141 Å². The number of hydrogen-bond acceptors (Lipinski definition) is 2. The van der Waals surface area contributed by atoms with Crippen molar-refractivity contribution in [2.24, 2.45) is 0 Å². The summed E-state index contributed by atoms with van der Waals surface area (Å²) in [7, 11) is 1.46. The van der Waals surface area contributed by atoms with E-state index in [0.717, 1.165) is 5.30 Å². The molecule has 0 heterocycles. The van der Waals surface area contributed by atoms with Crippen molar-refractivity contribution in [3.8, 4) is 5.75 Å². The van der Waals surface area contributed by atoms with Gasteiger partial charge in [-0.15, -0.1) is 0 Å². The van der Waals surface area contributed by atoms with Gasteiger partial charge in [-0.2, -0.15) is 0 Å². The molecule has 0 saturated heterocycles. The van der Waals surface area contributed by atoms with E-state index in [4.69, 9.17) is 27.9 Å². The number of rotatable bonds is 4. The molecule has 0 fully saturated rings. The van der Waals surface area contributed by atoms with Crippen LogP contribution in [-0.4, -0.2) is 31.5 Å². The Balaban J connectivity index is 0.00000200. The maximum Gasteiger partial charge on any atom is 0.190 e. The van der Waals surface area contributed by atoms with Crippen LogP contribution in [0.25, 0.3) is 0 Å². The molecule has 2 nitrogen and oxygen atoms in total. The van der Waals surface area contributed by atoms with Gasteiger partial charge in [0, 0.05) is 18.9 Å². The number of halogens is 2. The molecule has 0 bridgehead atoms. The second kappa shape index (κ2) is 8.08. The molecule has 0 aliphatic rings. The molecular weight excluding hydrogens is 309 g/mol. The zero-order chi connectivity index (χ0) is 13.8. The van der Waals surface area contributed by atoms with Crippen LogP contribution >= 0.6 is 31.8 Å². The zero-order valence-electron chi connectivity index (χ0n) is 11.1. The minimum absolute atomic E-state index is 0. The topological polar surface area (TPSA) is 26.3 Å². The Hall–Kier alpha value is -0.483. The first kappa shape index (κ1) is 17.6. The maximum atomic E-state index is 12.4. The fourth-order valence-electron chi connectivity index (χ4n) is 1.66. The number of carbonyl (C=O) groups is 1. The fourth-order valence-corrected chi connectivity index (χ4v) is 3.20. The zero-order valence-corrected chi connectivity index (χ0v) is 13.6. The van der Waals surface area contributed by atoms with Crippen LogP contribution in [0.5, 0.6) is 5.75 Å². The molecule has 0 spiro atoms. The van der Waals surface area contributed by atoms with Crippen LogP contribution in [-0.2, 0) is 0 Å². The van der Waals surface area contributed by atoms with Crippen LogP contribution in [0, 0.1) is 0 Å². The van der Waals surface area contributed by atoms with Crippen molar-refractivity contribution >= 4 is 61.5 Å². The van der Waals surface area contributed by atoms with Crippen LogP contribution < -0.4 is 10.0 Å². The van der Waals surface area contributed by atoms with Gasteiger partial charge in [-0.3, -0.25) is 4.79 Å². The van der Waals surface area contributed by atoms with Crippen molar-refractivity contribution in [1.29, 1.82) is 0 Å². The van der Waals surface area contributed by atoms with Gasteiger partial charge in [-0.25, -0.2) is 0 Å². The molecule has 0 aliphatic heterocycles. The van der Waals surface area contributed by atoms with Gasteiger partial charge in [0.1, 0.15) is 5.75 Å². The summed E-state index contributed by atoms with van der Waals surface area (Å²) in [6, 6.07) is 12.7. The van der Waals surface area contributed by atoms with Crippen LogP contribution in [0.2, 0.25) is 10.0 Å². The van der Waals surface area contributed by atoms with E-state index in [2.05, 4.69) is 0 Å². The van der Waals surface area contributed by atoms with Crippen molar-refractivity contribution in [2.45, 2.75) is 0 Å². The Kier molecular flexibility index (Phi) is 7.10. The van der Waals surface area contributed by atoms with Crippen LogP contribution in [0.1, 0.15) is 10.4 Å². The average molecular weight is 320 g/mol. The summed E-state index contributed by atoms with van der Waals surface area (Å²) >= 11 is 12.1. The third-order valence-electron chi connectivity index (χ3n) is 2.52. The molecule has 2 aromatic rings. The average Bonchev–Trinajstić information content (AvgIpc) is 2.42. The van der Waals surface area contributed by atoms with Gasteiger partial charge in [0.2, 0.25) is 0 Å². The molecule has 0 amide bonds. The Morgan fingerprint density at radius 3 is 2.25 bits per heavy atom. The predicted molar refractivity (Wildman–Crippen MR) is 87.5 cm³/mol. The van der Waals surface area contributed by atoms with E-state index in [1.54, 1.807) is 12.1 Å². The van der Waals surface area contributed by atoms with Gasteiger partial charge in [-0.1, -0.05) is 53.5 Å². The minimum Gasteiger partial charge on any atom is -0.494 e. The van der Waals surface area contributed by atoms with Crippen LogP contribution in [0.4, 0.5) is 0 Å². The summed E-state index contributed by atoms with van der Waals surface area (Å²) in [5.74, 6) is 0.336. The molecule has 0 aromatic heterocycles. The summed E-state index contributed by atoms with van der Waals surface area (Å²) in [5.41, 5.74) is 0.259. The van der Waals surface area contributed by atoms with Crippen molar-refractivity contribution < 1.29 is 9.53 Å². The Bertz CT molecular complexity index is 606. The standard InChI is InChI=1S/C14H11Cl2O2P.Li/c1-18-13-11(16)8-7-10(15)12(13)14(17)19-9-5-3-2-4-6-9;/h2-8,19H,1H3;. The fraction of sp³-hybridized carbons (Fsp3) is 0.0714. The number of ether oxygens (including phenoxy) is 1. The molecule has 1 atom stereocenters. The number of carbonyl (C=O) groups excluding carboxylic acids is 1. The van der Waals surface area contributed by atoms with E-state index in [1.807, 2.05) is 30.3 Å². The van der Waals surface area contributed by atoms with E-state index in [9.17, 15) is 4.79 Å². The third-order valence-corrected chi connectivity index (χ3v) is 4.23. The van der Waals surface area contributed by atoms with Gasteiger partial charge in [0.15, 0.2) is 5.52 Å². The first-order valence-electron chi connectivity index (χ1n) is 5.52.